The average Bonchev–Trinajstić information content (AvgIpc) is 2.34. The van der Waals surface area contributed by atoms with Gasteiger partial charge in [0.2, 0.25) is 5.91 Å². The second-order valence-corrected chi connectivity index (χ2v) is 4.89. The third kappa shape index (κ3) is 2.88. The van der Waals surface area contributed by atoms with Gasteiger partial charge in [-0.25, -0.2) is 0 Å². The lowest BCUT2D eigenvalue weighted by atomic mass is 9.88. The fourth-order valence-corrected chi connectivity index (χ4v) is 2.16. The highest BCUT2D eigenvalue weighted by molar-refractivity contribution is 5.78. The number of nitrogens with zero attached hydrogens (tertiary/aromatic N) is 1. The molecular formula is C14H21N3O. The van der Waals surface area contributed by atoms with Crippen molar-refractivity contribution in [3.05, 3.63) is 29.6 Å². The summed E-state index contributed by atoms with van der Waals surface area (Å²) in [6, 6.07) is 4.00. The first-order valence-electron chi connectivity index (χ1n) is 6.63. The number of amides is 1. The Kier molecular flexibility index (Phi) is 4.31. The van der Waals surface area contributed by atoms with Gasteiger partial charge in [-0.05, 0) is 37.1 Å². The lowest BCUT2D eigenvalue weighted by molar-refractivity contribution is -0.126. The summed E-state index contributed by atoms with van der Waals surface area (Å²) in [5.74, 6) is 0.702. The summed E-state index contributed by atoms with van der Waals surface area (Å²) in [6.45, 7) is 6.55. The van der Waals surface area contributed by atoms with Gasteiger partial charge in [-0.1, -0.05) is 19.9 Å². The molecule has 2 N–H and O–H groups in total. The van der Waals surface area contributed by atoms with E-state index in [1.165, 1.54) is 5.56 Å². The smallest absolute Gasteiger partial charge is 0.223 e. The molecule has 4 nitrogen and oxygen atoms in total. The number of pyridine rings is 1. The molecule has 1 unspecified atom stereocenters. The van der Waals surface area contributed by atoms with Gasteiger partial charge in [0.1, 0.15) is 0 Å². The summed E-state index contributed by atoms with van der Waals surface area (Å²) in [5.41, 5.74) is 2.18. The predicted octanol–water partition coefficient (Wildman–Crippen LogP) is 1.12. The van der Waals surface area contributed by atoms with Crippen LogP contribution in [0.1, 0.15) is 25.1 Å². The minimum atomic E-state index is 0.0834. The van der Waals surface area contributed by atoms with E-state index in [9.17, 15) is 4.79 Å². The van der Waals surface area contributed by atoms with Gasteiger partial charge >= 0.3 is 0 Å². The second-order valence-electron chi connectivity index (χ2n) is 4.89. The topological polar surface area (TPSA) is 54.0 Å². The van der Waals surface area contributed by atoms with Gasteiger partial charge < -0.3 is 10.6 Å². The molecule has 1 atom stereocenters. The van der Waals surface area contributed by atoms with Crippen molar-refractivity contribution in [3.63, 3.8) is 0 Å². The van der Waals surface area contributed by atoms with Crippen LogP contribution in [-0.2, 0) is 17.8 Å². The van der Waals surface area contributed by atoms with Crippen molar-refractivity contribution in [2.45, 2.75) is 26.8 Å². The highest BCUT2D eigenvalue weighted by atomic mass is 16.1. The van der Waals surface area contributed by atoms with E-state index >= 15 is 0 Å². The zero-order valence-electron chi connectivity index (χ0n) is 11.1. The normalized spacial score (nSPS) is 17.0. The molecule has 1 aliphatic rings. The SMILES string of the molecule is CCc1cccnc1CNC(=O)C(C)C1CNC1. The Morgan fingerprint density at radius 3 is 3.00 bits per heavy atom. The first-order valence-corrected chi connectivity index (χ1v) is 6.63. The van der Waals surface area contributed by atoms with Gasteiger partial charge in [0.05, 0.1) is 12.2 Å². The number of carbonyl (C=O) groups is 1. The molecule has 4 heteroatoms. The van der Waals surface area contributed by atoms with Crippen molar-refractivity contribution < 1.29 is 4.79 Å². The van der Waals surface area contributed by atoms with Gasteiger partial charge in [0, 0.05) is 12.1 Å². The highest BCUT2D eigenvalue weighted by Crippen LogP contribution is 2.16. The van der Waals surface area contributed by atoms with Crippen LogP contribution in [0.15, 0.2) is 18.3 Å². The zero-order valence-corrected chi connectivity index (χ0v) is 11.1. The Bertz CT molecular complexity index is 415. The molecule has 2 heterocycles. The maximum atomic E-state index is 12.0. The third-order valence-electron chi connectivity index (χ3n) is 3.73. The first kappa shape index (κ1) is 13.0. The van der Waals surface area contributed by atoms with Gasteiger partial charge in [-0.3, -0.25) is 9.78 Å². The van der Waals surface area contributed by atoms with E-state index in [-0.39, 0.29) is 11.8 Å². The first-order chi connectivity index (χ1) is 8.72. The second kappa shape index (κ2) is 5.96. The average molecular weight is 247 g/mol. The van der Waals surface area contributed by atoms with Crippen LogP contribution in [0.5, 0.6) is 0 Å². The van der Waals surface area contributed by atoms with Crippen molar-refractivity contribution >= 4 is 5.91 Å². The van der Waals surface area contributed by atoms with Gasteiger partial charge in [-0.2, -0.15) is 0 Å². The Morgan fingerprint density at radius 1 is 1.61 bits per heavy atom. The maximum absolute atomic E-state index is 12.0. The number of aryl methyl sites for hydroxylation is 1. The standard InChI is InChI=1S/C14H21N3O/c1-3-11-5-4-6-16-13(11)9-17-14(18)10(2)12-7-15-8-12/h4-6,10,12,15H,3,7-9H2,1-2H3,(H,17,18). The molecule has 1 fully saturated rings. The molecule has 0 bridgehead atoms. The fraction of sp³-hybridized carbons (Fsp3) is 0.571. The van der Waals surface area contributed by atoms with E-state index in [1.54, 1.807) is 6.20 Å². The van der Waals surface area contributed by atoms with Gasteiger partial charge in [0.25, 0.3) is 0 Å². The molecule has 2 rings (SSSR count). The summed E-state index contributed by atoms with van der Waals surface area (Å²) in [5, 5.41) is 6.19. The van der Waals surface area contributed by atoms with E-state index in [0.717, 1.165) is 25.2 Å². The number of hydrogen-bond acceptors (Lipinski definition) is 3. The number of hydrogen-bond donors (Lipinski definition) is 2. The predicted molar refractivity (Wildman–Crippen MR) is 71.0 cm³/mol. The molecule has 0 aliphatic carbocycles. The summed E-state index contributed by atoms with van der Waals surface area (Å²) >= 11 is 0. The molecule has 1 amide bonds. The molecule has 18 heavy (non-hydrogen) atoms. The number of nitrogens with one attached hydrogen (secondary N) is 2. The Hall–Kier alpha value is -1.42. The van der Waals surface area contributed by atoms with Crippen LogP contribution in [0.2, 0.25) is 0 Å². The Labute approximate surface area is 108 Å². The number of rotatable bonds is 5. The van der Waals surface area contributed by atoms with Crippen LogP contribution in [0, 0.1) is 11.8 Å². The van der Waals surface area contributed by atoms with Crippen LogP contribution in [0.3, 0.4) is 0 Å². The largest absolute Gasteiger partial charge is 0.350 e. The van der Waals surface area contributed by atoms with E-state index in [2.05, 4.69) is 28.6 Å². The van der Waals surface area contributed by atoms with Crippen LogP contribution < -0.4 is 10.6 Å². The Morgan fingerprint density at radius 2 is 2.39 bits per heavy atom. The van der Waals surface area contributed by atoms with Gasteiger partial charge in [-0.15, -0.1) is 0 Å². The van der Waals surface area contributed by atoms with Crippen LogP contribution in [0.4, 0.5) is 0 Å². The fourth-order valence-electron chi connectivity index (χ4n) is 2.16. The monoisotopic (exact) mass is 247 g/mol. The highest BCUT2D eigenvalue weighted by Gasteiger charge is 2.28. The molecule has 0 aromatic carbocycles. The maximum Gasteiger partial charge on any atom is 0.223 e. The van der Waals surface area contributed by atoms with Gasteiger partial charge in [0.15, 0.2) is 0 Å². The Balaban J connectivity index is 1.88. The van der Waals surface area contributed by atoms with Crippen molar-refractivity contribution in [3.8, 4) is 0 Å². The zero-order chi connectivity index (χ0) is 13.0. The van der Waals surface area contributed by atoms with Crippen LogP contribution in [-0.4, -0.2) is 24.0 Å². The van der Waals surface area contributed by atoms with E-state index < -0.39 is 0 Å². The number of carbonyl (C=O) groups excluding carboxylic acids is 1. The summed E-state index contributed by atoms with van der Waals surface area (Å²) in [7, 11) is 0. The molecule has 0 saturated carbocycles. The van der Waals surface area contributed by atoms with E-state index in [1.807, 2.05) is 13.0 Å². The van der Waals surface area contributed by atoms with E-state index in [4.69, 9.17) is 0 Å². The molecule has 1 aromatic heterocycles. The lowest BCUT2D eigenvalue weighted by Gasteiger charge is -2.31. The molecule has 1 saturated heterocycles. The molecule has 0 radical (unpaired) electrons. The molecular weight excluding hydrogens is 226 g/mol. The van der Waals surface area contributed by atoms with Crippen LogP contribution in [0.25, 0.3) is 0 Å². The summed E-state index contributed by atoms with van der Waals surface area (Å²) in [4.78, 5) is 16.3. The quantitative estimate of drug-likeness (QED) is 0.819. The van der Waals surface area contributed by atoms with Crippen molar-refractivity contribution in [2.75, 3.05) is 13.1 Å². The molecule has 1 aliphatic heterocycles. The third-order valence-corrected chi connectivity index (χ3v) is 3.73. The molecule has 0 spiro atoms. The summed E-state index contributed by atoms with van der Waals surface area (Å²) in [6.07, 6.45) is 2.72. The minimum absolute atomic E-state index is 0.0834. The van der Waals surface area contributed by atoms with E-state index in [0.29, 0.717) is 12.5 Å². The molecule has 1 aromatic rings. The van der Waals surface area contributed by atoms with Crippen molar-refractivity contribution in [2.24, 2.45) is 11.8 Å². The van der Waals surface area contributed by atoms with Crippen molar-refractivity contribution in [1.29, 1.82) is 0 Å². The summed E-state index contributed by atoms with van der Waals surface area (Å²) < 4.78 is 0. The van der Waals surface area contributed by atoms with Crippen LogP contribution >= 0.6 is 0 Å². The number of aromatic nitrogens is 1. The lowest BCUT2D eigenvalue weighted by Crippen LogP contribution is -2.49. The molecule has 98 valence electrons. The van der Waals surface area contributed by atoms with Crippen molar-refractivity contribution in [1.82, 2.24) is 15.6 Å². The minimum Gasteiger partial charge on any atom is -0.350 e.